The van der Waals surface area contributed by atoms with Crippen molar-refractivity contribution in [2.75, 3.05) is 0 Å². The molecule has 1 atom stereocenters. The molecule has 0 fully saturated rings. The molecule has 1 N–H and O–H groups in total. The van der Waals surface area contributed by atoms with Crippen molar-refractivity contribution in [2.45, 2.75) is 19.6 Å². The summed E-state index contributed by atoms with van der Waals surface area (Å²) < 4.78 is 4.87. The molecular weight excluding hydrogens is 248 g/mol. The van der Waals surface area contributed by atoms with Crippen LogP contribution in [-0.4, -0.2) is 23.7 Å². The van der Waals surface area contributed by atoms with Crippen molar-refractivity contribution >= 4 is 17.7 Å². The highest BCUT2D eigenvalue weighted by molar-refractivity contribution is 6.45. The van der Waals surface area contributed by atoms with Crippen LogP contribution in [0.1, 0.15) is 12.5 Å². The summed E-state index contributed by atoms with van der Waals surface area (Å²) in [7, 11) is 0. The molecule has 0 unspecified atom stereocenters. The molecule has 0 spiro atoms. The van der Waals surface area contributed by atoms with Crippen molar-refractivity contribution in [2.24, 2.45) is 0 Å². The summed E-state index contributed by atoms with van der Waals surface area (Å²) in [4.78, 5) is 33.4. The second-order valence-electron chi connectivity index (χ2n) is 3.73. The summed E-state index contributed by atoms with van der Waals surface area (Å²) >= 11 is 0. The van der Waals surface area contributed by atoms with Gasteiger partial charge in [0.25, 0.3) is 5.78 Å². The third-order valence-corrected chi connectivity index (χ3v) is 2.27. The Morgan fingerprint density at radius 2 is 1.95 bits per heavy atom. The monoisotopic (exact) mass is 260 g/mol. The van der Waals surface area contributed by atoms with Crippen molar-refractivity contribution in [3.8, 4) is 6.07 Å². The first-order chi connectivity index (χ1) is 9.04. The number of ether oxygens (including phenoxy) is 1. The Kier molecular flexibility index (Phi) is 5.23. The van der Waals surface area contributed by atoms with E-state index in [-0.39, 0.29) is 6.61 Å². The highest BCUT2D eigenvalue weighted by atomic mass is 16.5. The van der Waals surface area contributed by atoms with Gasteiger partial charge in [0.2, 0.25) is 5.78 Å². The quantitative estimate of drug-likeness (QED) is 0.628. The number of hydrogen-bond acceptors (Lipinski definition) is 5. The van der Waals surface area contributed by atoms with E-state index in [4.69, 9.17) is 10.00 Å². The SMILES string of the molecule is C[C@H](NC(=O)OCc1ccccc1)C(=O)C(=O)C#N. The van der Waals surface area contributed by atoms with Crippen LogP contribution < -0.4 is 5.32 Å². The number of Topliss-reactive ketones (excluding diaryl/α,β-unsaturated/α-hetero) is 2. The fraction of sp³-hybridized carbons (Fsp3) is 0.231. The Balaban J connectivity index is 2.42. The summed E-state index contributed by atoms with van der Waals surface area (Å²) in [6.07, 6.45) is -0.824. The summed E-state index contributed by atoms with van der Waals surface area (Å²) in [5, 5.41) is 10.5. The lowest BCUT2D eigenvalue weighted by Crippen LogP contribution is -2.41. The molecule has 0 bridgehead atoms. The first-order valence-electron chi connectivity index (χ1n) is 5.50. The van der Waals surface area contributed by atoms with Gasteiger partial charge in [-0.2, -0.15) is 5.26 Å². The first-order valence-corrected chi connectivity index (χ1v) is 5.50. The fourth-order valence-corrected chi connectivity index (χ4v) is 1.26. The van der Waals surface area contributed by atoms with Gasteiger partial charge >= 0.3 is 6.09 Å². The standard InChI is InChI=1S/C13H12N2O4/c1-9(12(17)11(16)7-14)15-13(18)19-8-10-5-3-2-4-6-10/h2-6,9H,8H2,1H3,(H,15,18)/t9-/m0/s1. The summed E-state index contributed by atoms with van der Waals surface area (Å²) in [6, 6.07) is 9.10. The Labute approximate surface area is 110 Å². The molecule has 1 rings (SSSR count). The van der Waals surface area contributed by atoms with E-state index in [0.29, 0.717) is 0 Å². The molecule has 98 valence electrons. The number of carbonyl (C=O) groups excluding carboxylic acids is 3. The maximum atomic E-state index is 11.4. The van der Waals surface area contributed by atoms with Gasteiger partial charge in [0.05, 0.1) is 6.04 Å². The molecule has 0 saturated heterocycles. The van der Waals surface area contributed by atoms with E-state index >= 15 is 0 Å². The number of nitriles is 1. The minimum atomic E-state index is -1.20. The van der Waals surface area contributed by atoms with Crippen molar-refractivity contribution in [1.29, 1.82) is 5.26 Å². The van der Waals surface area contributed by atoms with E-state index in [9.17, 15) is 14.4 Å². The van der Waals surface area contributed by atoms with E-state index in [1.54, 1.807) is 24.3 Å². The molecule has 0 aliphatic heterocycles. The van der Waals surface area contributed by atoms with E-state index in [1.807, 2.05) is 6.07 Å². The maximum absolute atomic E-state index is 11.4. The zero-order chi connectivity index (χ0) is 14.3. The van der Waals surface area contributed by atoms with Crippen LogP contribution in [0.5, 0.6) is 0 Å². The number of rotatable bonds is 5. The molecule has 0 heterocycles. The van der Waals surface area contributed by atoms with E-state index in [1.165, 1.54) is 13.0 Å². The second-order valence-corrected chi connectivity index (χ2v) is 3.73. The van der Waals surface area contributed by atoms with Gasteiger partial charge in [-0.05, 0) is 12.5 Å². The number of benzene rings is 1. The minimum absolute atomic E-state index is 0.0553. The third-order valence-electron chi connectivity index (χ3n) is 2.27. The van der Waals surface area contributed by atoms with Crippen LogP contribution in [0.25, 0.3) is 0 Å². The van der Waals surface area contributed by atoms with Gasteiger partial charge in [0.15, 0.2) is 0 Å². The zero-order valence-corrected chi connectivity index (χ0v) is 10.3. The van der Waals surface area contributed by atoms with Gasteiger partial charge in [-0.1, -0.05) is 30.3 Å². The van der Waals surface area contributed by atoms with Crippen LogP contribution in [0, 0.1) is 11.3 Å². The number of carbonyl (C=O) groups is 3. The lowest BCUT2D eigenvalue weighted by molar-refractivity contribution is -0.134. The van der Waals surface area contributed by atoms with E-state index < -0.39 is 23.7 Å². The maximum Gasteiger partial charge on any atom is 0.408 e. The topological polar surface area (TPSA) is 96.3 Å². The number of hydrogen-bond donors (Lipinski definition) is 1. The largest absolute Gasteiger partial charge is 0.445 e. The molecule has 0 radical (unpaired) electrons. The third kappa shape index (κ3) is 4.60. The molecule has 0 aliphatic rings. The van der Waals surface area contributed by atoms with Crippen LogP contribution >= 0.6 is 0 Å². The smallest absolute Gasteiger partial charge is 0.408 e. The molecule has 1 aromatic rings. The molecule has 19 heavy (non-hydrogen) atoms. The van der Waals surface area contributed by atoms with Crippen LogP contribution in [0.4, 0.5) is 4.79 Å². The van der Waals surface area contributed by atoms with Crippen molar-refractivity contribution in [3.63, 3.8) is 0 Å². The number of nitrogens with zero attached hydrogens (tertiary/aromatic N) is 1. The first kappa shape index (κ1) is 14.4. The van der Waals surface area contributed by atoms with Gasteiger partial charge in [-0.25, -0.2) is 4.79 Å². The highest BCUT2D eigenvalue weighted by Gasteiger charge is 2.22. The van der Waals surface area contributed by atoms with Crippen LogP contribution in [-0.2, 0) is 20.9 Å². The number of amides is 1. The summed E-state index contributed by atoms with van der Waals surface area (Å²) in [5.74, 6) is -2.17. The van der Waals surface area contributed by atoms with Crippen molar-refractivity contribution in [3.05, 3.63) is 35.9 Å². The number of nitrogens with one attached hydrogen (secondary N) is 1. The minimum Gasteiger partial charge on any atom is -0.445 e. The Hall–Kier alpha value is -2.68. The van der Waals surface area contributed by atoms with E-state index in [0.717, 1.165) is 5.56 Å². The predicted octanol–water partition coefficient (Wildman–Crippen LogP) is 0.963. The summed E-state index contributed by atoms with van der Waals surface area (Å²) in [6.45, 7) is 1.36. The normalized spacial score (nSPS) is 10.9. The molecular formula is C13H12N2O4. The molecule has 6 nitrogen and oxygen atoms in total. The highest BCUT2D eigenvalue weighted by Crippen LogP contribution is 2.00. The Morgan fingerprint density at radius 3 is 2.53 bits per heavy atom. The van der Waals surface area contributed by atoms with Crippen LogP contribution in [0.2, 0.25) is 0 Å². The Morgan fingerprint density at radius 1 is 1.32 bits per heavy atom. The lowest BCUT2D eigenvalue weighted by Gasteiger charge is -2.11. The van der Waals surface area contributed by atoms with E-state index in [2.05, 4.69) is 5.32 Å². The van der Waals surface area contributed by atoms with Gasteiger partial charge in [0, 0.05) is 0 Å². The number of alkyl carbamates (subject to hydrolysis) is 1. The number of ketones is 2. The zero-order valence-electron chi connectivity index (χ0n) is 10.3. The Bertz CT molecular complexity index is 519. The van der Waals surface area contributed by atoms with Gasteiger partial charge < -0.3 is 10.1 Å². The molecule has 0 aliphatic carbocycles. The van der Waals surface area contributed by atoms with Gasteiger partial charge in [-0.15, -0.1) is 0 Å². The van der Waals surface area contributed by atoms with Gasteiger partial charge in [0.1, 0.15) is 12.7 Å². The fourth-order valence-electron chi connectivity index (χ4n) is 1.26. The summed E-state index contributed by atoms with van der Waals surface area (Å²) in [5.41, 5.74) is 0.796. The average molecular weight is 260 g/mol. The second kappa shape index (κ2) is 6.91. The lowest BCUT2D eigenvalue weighted by atomic mass is 10.1. The molecule has 1 aromatic carbocycles. The molecule has 6 heteroatoms. The van der Waals surface area contributed by atoms with Gasteiger partial charge in [-0.3, -0.25) is 9.59 Å². The molecule has 0 saturated carbocycles. The van der Waals surface area contributed by atoms with Crippen molar-refractivity contribution < 1.29 is 19.1 Å². The van der Waals surface area contributed by atoms with Crippen LogP contribution in [0.3, 0.4) is 0 Å². The molecule has 1 amide bonds. The van der Waals surface area contributed by atoms with Crippen molar-refractivity contribution in [1.82, 2.24) is 5.32 Å². The predicted molar refractivity (Wildman–Crippen MR) is 64.9 cm³/mol. The van der Waals surface area contributed by atoms with Crippen LogP contribution in [0.15, 0.2) is 30.3 Å². The molecule has 0 aromatic heterocycles. The average Bonchev–Trinajstić information content (AvgIpc) is 2.44.